The number of nitro groups is 1. The SMILES string of the molecule is Cc1cc([N+](=O)[O-])ccc1NC(=O)c1cc(Br)ccc1OCCC(C)C. The minimum atomic E-state index is -0.465. The monoisotopic (exact) mass is 420 g/mol. The molecule has 0 heterocycles. The van der Waals surface area contributed by atoms with Crippen LogP contribution >= 0.6 is 15.9 Å². The van der Waals surface area contributed by atoms with Crippen molar-refractivity contribution >= 4 is 33.2 Å². The maximum absolute atomic E-state index is 12.7. The van der Waals surface area contributed by atoms with Gasteiger partial charge in [-0.2, -0.15) is 0 Å². The first-order valence-corrected chi connectivity index (χ1v) is 9.06. The lowest BCUT2D eigenvalue weighted by Crippen LogP contribution is -2.15. The highest BCUT2D eigenvalue weighted by molar-refractivity contribution is 9.10. The Morgan fingerprint density at radius 1 is 1.27 bits per heavy atom. The van der Waals surface area contributed by atoms with Crippen LogP contribution in [-0.2, 0) is 0 Å². The zero-order valence-electron chi connectivity index (χ0n) is 14.9. The largest absolute Gasteiger partial charge is 0.493 e. The molecule has 0 aliphatic heterocycles. The highest BCUT2D eigenvalue weighted by Crippen LogP contribution is 2.26. The number of hydrogen-bond donors (Lipinski definition) is 1. The van der Waals surface area contributed by atoms with Gasteiger partial charge in [0, 0.05) is 22.3 Å². The molecular formula is C19H21BrN2O4. The van der Waals surface area contributed by atoms with E-state index in [9.17, 15) is 14.9 Å². The first-order valence-electron chi connectivity index (χ1n) is 8.26. The number of aryl methyl sites for hydroxylation is 1. The lowest BCUT2D eigenvalue weighted by molar-refractivity contribution is -0.384. The summed E-state index contributed by atoms with van der Waals surface area (Å²) in [6.07, 6.45) is 0.887. The molecule has 6 nitrogen and oxygen atoms in total. The molecule has 0 bridgehead atoms. The average Bonchev–Trinajstić information content (AvgIpc) is 2.57. The topological polar surface area (TPSA) is 81.5 Å². The number of rotatable bonds is 7. The van der Waals surface area contributed by atoms with Gasteiger partial charge in [-0.05, 0) is 49.1 Å². The number of nitrogens with one attached hydrogen (secondary N) is 1. The molecule has 0 aromatic heterocycles. The van der Waals surface area contributed by atoms with E-state index in [0.29, 0.717) is 35.1 Å². The predicted molar refractivity (Wildman–Crippen MR) is 105 cm³/mol. The molecule has 2 aromatic carbocycles. The van der Waals surface area contributed by atoms with Crippen molar-refractivity contribution in [3.8, 4) is 5.75 Å². The van der Waals surface area contributed by atoms with Gasteiger partial charge in [0.25, 0.3) is 11.6 Å². The molecule has 0 saturated heterocycles. The van der Waals surface area contributed by atoms with Crippen LogP contribution < -0.4 is 10.1 Å². The van der Waals surface area contributed by atoms with E-state index in [1.54, 1.807) is 19.1 Å². The van der Waals surface area contributed by atoms with Crippen LogP contribution in [0.3, 0.4) is 0 Å². The molecule has 0 atom stereocenters. The number of amides is 1. The average molecular weight is 421 g/mol. The molecule has 2 aromatic rings. The van der Waals surface area contributed by atoms with Crippen molar-refractivity contribution in [1.29, 1.82) is 0 Å². The summed E-state index contributed by atoms with van der Waals surface area (Å²) in [5, 5.41) is 13.6. The van der Waals surface area contributed by atoms with Crippen LogP contribution in [0.15, 0.2) is 40.9 Å². The second kappa shape index (κ2) is 8.80. The second-order valence-electron chi connectivity index (χ2n) is 6.38. The first kappa shape index (κ1) is 19.9. The molecule has 138 valence electrons. The fraction of sp³-hybridized carbons (Fsp3) is 0.316. The predicted octanol–water partition coefficient (Wildman–Crippen LogP) is 5.34. The Bertz CT molecular complexity index is 821. The van der Waals surface area contributed by atoms with Crippen molar-refractivity contribution in [3.63, 3.8) is 0 Å². The van der Waals surface area contributed by atoms with Gasteiger partial charge < -0.3 is 10.1 Å². The first-order chi connectivity index (χ1) is 12.3. The summed E-state index contributed by atoms with van der Waals surface area (Å²) in [4.78, 5) is 23.1. The summed E-state index contributed by atoms with van der Waals surface area (Å²) in [6.45, 7) is 6.45. The number of non-ortho nitro benzene ring substituents is 1. The third-order valence-electron chi connectivity index (χ3n) is 3.81. The van der Waals surface area contributed by atoms with Crippen LogP contribution in [-0.4, -0.2) is 17.4 Å². The molecule has 0 aliphatic carbocycles. The summed E-state index contributed by atoms with van der Waals surface area (Å²) in [5.74, 6) is 0.680. The summed E-state index contributed by atoms with van der Waals surface area (Å²) in [7, 11) is 0. The van der Waals surface area contributed by atoms with Gasteiger partial charge in [-0.15, -0.1) is 0 Å². The number of ether oxygens (including phenoxy) is 1. The summed E-state index contributed by atoms with van der Waals surface area (Å²) in [6, 6.07) is 9.59. The van der Waals surface area contributed by atoms with E-state index in [4.69, 9.17) is 4.74 Å². The molecule has 2 rings (SSSR count). The fourth-order valence-electron chi connectivity index (χ4n) is 2.30. The van der Waals surface area contributed by atoms with Crippen molar-refractivity contribution in [2.24, 2.45) is 5.92 Å². The molecule has 0 saturated carbocycles. The van der Waals surface area contributed by atoms with Crippen LogP contribution in [0, 0.1) is 23.0 Å². The van der Waals surface area contributed by atoms with Crippen molar-refractivity contribution in [2.75, 3.05) is 11.9 Å². The van der Waals surface area contributed by atoms with Gasteiger partial charge in [-0.1, -0.05) is 29.8 Å². The van der Waals surface area contributed by atoms with Crippen LogP contribution in [0.1, 0.15) is 36.2 Å². The number of carbonyl (C=O) groups excluding carboxylic acids is 1. The van der Waals surface area contributed by atoms with E-state index in [1.807, 2.05) is 6.07 Å². The lowest BCUT2D eigenvalue weighted by atomic mass is 10.1. The number of hydrogen-bond acceptors (Lipinski definition) is 4. The van der Waals surface area contributed by atoms with E-state index in [1.165, 1.54) is 18.2 Å². The van der Waals surface area contributed by atoms with Gasteiger partial charge in [-0.3, -0.25) is 14.9 Å². The third-order valence-corrected chi connectivity index (χ3v) is 4.30. The fourth-order valence-corrected chi connectivity index (χ4v) is 2.66. The minimum Gasteiger partial charge on any atom is -0.493 e. The highest BCUT2D eigenvalue weighted by atomic mass is 79.9. The summed E-state index contributed by atoms with van der Waals surface area (Å²) < 4.78 is 6.53. The van der Waals surface area contributed by atoms with Crippen molar-refractivity contribution in [3.05, 3.63) is 62.1 Å². The quantitative estimate of drug-likeness (QED) is 0.483. The Morgan fingerprint density at radius 2 is 2.00 bits per heavy atom. The molecule has 1 amide bonds. The van der Waals surface area contributed by atoms with E-state index in [-0.39, 0.29) is 11.6 Å². The van der Waals surface area contributed by atoms with E-state index < -0.39 is 4.92 Å². The molecule has 26 heavy (non-hydrogen) atoms. The standard InChI is InChI=1S/C19H21BrN2O4/c1-12(2)8-9-26-18-7-4-14(20)11-16(18)19(23)21-17-6-5-15(22(24)25)10-13(17)3/h4-7,10-12H,8-9H2,1-3H3,(H,21,23). The zero-order valence-corrected chi connectivity index (χ0v) is 16.5. The molecule has 1 N–H and O–H groups in total. The molecule has 0 aliphatic rings. The van der Waals surface area contributed by atoms with Gasteiger partial charge in [0.2, 0.25) is 0 Å². The van der Waals surface area contributed by atoms with Crippen molar-refractivity contribution < 1.29 is 14.5 Å². The normalized spacial score (nSPS) is 10.7. The summed E-state index contributed by atoms with van der Waals surface area (Å²) >= 11 is 3.37. The van der Waals surface area contributed by atoms with Gasteiger partial charge in [0.1, 0.15) is 5.75 Å². The third kappa shape index (κ3) is 5.29. The van der Waals surface area contributed by atoms with E-state index in [2.05, 4.69) is 35.1 Å². The number of carbonyl (C=O) groups is 1. The number of benzene rings is 2. The Hall–Kier alpha value is -2.41. The Labute approximate surface area is 160 Å². The summed E-state index contributed by atoms with van der Waals surface area (Å²) in [5.41, 5.74) is 1.53. The van der Waals surface area contributed by atoms with Crippen LogP contribution in [0.5, 0.6) is 5.75 Å². The Balaban J connectivity index is 2.21. The van der Waals surface area contributed by atoms with Gasteiger partial charge >= 0.3 is 0 Å². The Morgan fingerprint density at radius 3 is 2.62 bits per heavy atom. The smallest absolute Gasteiger partial charge is 0.269 e. The second-order valence-corrected chi connectivity index (χ2v) is 7.30. The lowest BCUT2D eigenvalue weighted by Gasteiger charge is -2.14. The molecule has 0 radical (unpaired) electrons. The zero-order chi connectivity index (χ0) is 19.3. The number of nitro benzene ring substituents is 1. The number of halogens is 1. The van der Waals surface area contributed by atoms with Gasteiger partial charge in [0.05, 0.1) is 17.1 Å². The molecule has 7 heteroatoms. The van der Waals surface area contributed by atoms with Crippen LogP contribution in [0.4, 0.5) is 11.4 Å². The molecule has 0 spiro atoms. The highest BCUT2D eigenvalue weighted by Gasteiger charge is 2.16. The maximum atomic E-state index is 12.7. The number of nitrogens with zero attached hydrogens (tertiary/aromatic N) is 1. The minimum absolute atomic E-state index is 0.0133. The molecular weight excluding hydrogens is 400 g/mol. The van der Waals surface area contributed by atoms with E-state index >= 15 is 0 Å². The molecule has 0 fully saturated rings. The van der Waals surface area contributed by atoms with E-state index in [0.717, 1.165) is 10.9 Å². The number of anilines is 1. The van der Waals surface area contributed by atoms with Crippen LogP contribution in [0.25, 0.3) is 0 Å². The van der Waals surface area contributed by atoms with Crippen molar-refractivity contribution in [1.82, 2.24) is 0 Å². The van der Waals surface area contributed by atoms with Crippen molar-refractivity contribution in [2.45, 2.75) is 27.2 Å². The maximum Gasteiger partial charge on any atom is 0.269 e. The Kier molecular flexibility index (Phi) is 6.74. The van der Waals surface area contributed by atoms with Gasteiger partial charge in [0.15, 0.2) is 0 Å². The van der Waals surface area contributed by atoms with Crippen LogP contribution in [0.2, 0.25) is 0 Å². The molecule has 0 unspecified atom stereocenters. The van der Waals surface area contributed by atoms with Gasteiger partial charge in [-0.25, -0.2) is 0 Å².